The minimum absolute atomic E-state index is 0.287. The van der Waals surface area contributed by atoms with Crippen molar-refractivity contribution >= 4 is 18.6 Å². The Bertz CT molecular complexity index is 442. The van der Waals surface area contributed by atoms with Crippen LogP contribution in [0.5, 0.6) is 0 Å². The summed E-state index contributed by atoms with van der Waals surface area (Å²) in [7, 11) is 0. The average Bonchev–Trinajstić information content (AvgIpc) is 2.94. The van der Waals surface area contributed by atoms with Crippen molar-refractivity contribution in [1.82, 2.24) is 10.2 Å². The summed E-state index contributed by atoms with van der Waals surface area (Å²) in [6.45, 7) is -0.405. The van der Waals surface area contributed by atoms with Crippen molar-refractivity contribution in [2.75, 3.05) is 6.61 Å². The molecule has 1 saturated heterocycles. The molecule has 3 aliphatic rings. The van der Waals surface area contributed by atoms with E-state index < -0.39 is 43.4 Å². The van der Waals surface area contributed by atoms with Gasteiger partial charge in [-0.2, -0.15) is 0 Å². The van der Waals surface area contributed by atoms with E-state index >= 15 is 0 Å². The number of aliphatic imine (C=N–C) groups is 2. The maximum atomic E-state index is 11.6. The van der Waals surface area contributed by atoms with Gasteiger partial charge in [0.1, 0.15) is 18.3 Å². The van der Waals surface area contributed by atoms with E-state index in [9.17, 15) is 15.0 Å². The molecule has 6 atom stereocenters. The van der Waals surface area contributed by atoms with Crippen molar-refractivity contribution < 1.29 is 24.9 Å². The number of amides is 1. The van der Waals surface area contributed by atoms with Crippen LogP contribution < -0.4 is 5.32 Å². The third-order valence-electron chi connectivity index (χ3n) is 3.46. The van der Waals surface area contributed by atoms with Gasteiger partial charge in [0.2, 0.25) is 0 Å². The first kappa shape index (κ1) is 12.5. The summed E-state index contributed by atoms with van der Waals surface area (Å²) in [6, 6.07) is -0.689. The lowest BCUT2D eigenvalue weighted by Gasteiger charge is -2.31. The van der Waals surface area contributed by atoms with Crippen LogP contribution in [-0.2, 0) is 9.53 Å². The number of hydrogen-bond acceptors (Lipinski definition) is 8. The summed E-state index contributed by atoms with van der Waals surface area (Å²) >= 11 is 0. The van der Waals surface area contributed by atoms with Crippen LogP contribution in [0.3, 0.4) is 0 Å². The quantitative estimate of drug-likeness (QED) is 0.414. The number of aliphatic hydroxyl groups is 3. The maximum absolute atomic E-state index is 11.6. The highest BCUT2D eigenvalue weighted by molar-refractivity contribution is 5.96. The van der Waals surface area contributed by atoms with Crippen LogP contribution in [-0.4, -0.2) is 82.2 Å². The van der Waals surface area contributed by atoms with E-state index in [-0.39, 0.29) is 5.91 Å². The topological polar surface area (TPSA) is 127 Å². The highest BCUT2D eigenvalue weighted by Gasteiger charge is 2.50. The van der Waals surface area contributed by atoms with Crippen LogP contribution in [0.2, 0.25) is 0 Å². The molecule has 1 fully saturated rings. The van der Waals surface area contributed by atoms with Crippen molar-refractivity contribution in [2.45, 2.75) is 36.7 Å². The first-order valence-electron chi connectivity index (χ1n) is 5.88. The molecule has 0 saturated carbocycles. The van der Waals surface area contributed by atoms with E-state index in [2.05, 4.69) is 15.3 Å². The molecular weight excluding hydrogens is 256 g/mol. The van der Waals surface area contributed by atoms with Gasteiger partial charge in [0, 0.05) is 0 Å². The molecule has 3 heterocycles. The molecule has 0 aliphatic carbocycles. The standard InChI is InChI=1S/C10H14N4O5/c15-1-4-6(16)7(17)10(19-4)14-3-13-5-8(14)11-2-12-9(5)18/h2-8,10,15-17H,1H2,(H,11,12,18)/t4-,5+,6+,7-,8+,10-/m1/s1. The van der Waals surface area contributed by atoms with E-state index in [1.807, 2.05) is 0 Å². The van der Waals surface area contributed by atoms with Gasteiger partial charge in [0.15, 0.2) is 18.4 Å². The van der Waals surface area contributed by atoms with Crippen LogP contribution in [0.25, 0.3) is 0 Å². The van der Waals surface area contributed by atoms with Crippen LogP contribution in [0, 0.1) is 0 Å². The fraction of sp³-hybridized carbons (Fsp3) is 0.700. The molecular formula is C10H14N4O5. The molecule has 9 heteroatoms. The Morgan fingerprint density at radius 3 is 2.84 bits per heavy atom. The van der Waals surface area contributed by atoms with Crippen molar-refractivity contribution in [3.05, 3.63) is 0 Å². The Hall–Kier alpha value is -1.55. The van der Waals surface area contributed by atoms with Gasteiger partial charge in [-0.1, -0.05) is 0 Å². The molecule has 1 amide bonds. The third-order valence-corrected chi connectivity index (χ3v) is 3.46. The van der Waals surface area contributed by atoms with Crippen molar-refractivity contribution in [3.63, 3.8) is 0 Å². The minimum atomic E-state index is -1.21. The Kier molecular flexibility index (Phi) is 2.97. The van der Waals surface area contributed by atoms with Gasteiger partial charge in [-0.05, 0) is 0 Å². The van der Waals surface area contributed by atoms with Gasteiger partial charge >= 0.3 is 0 Å². The summed E-state index contributed by atoms with van der Waals surface area (Å²) in [5, 5.41) is 31.1. The van der Waals surface area contributed by atoms with Gasteiger partial charge in [0.25, 0.3) is 5.91 Å². The zero-order valence-corrected chi connectivity index (χ0v) is 9.83. The summed E-state index contributed by atoms with van der Waals surface area (Å²) in [6.07, 6.45) is -2.11. The number of ether oxygens (including phenoxy) is 1. The Morgan fingerprint density at radius 1 is 1.37 bits per heavy atom. The SMILES string of the molecule is O=C1NC=N[C@@H]2[C@@H]1N=CN2[C@@H]1O[C@H](CO)[C@H](O)[C@H]1O. The zero-order valence-electron chi connectivity index (χ0n) is 9.83. The summed E-state index contributed by atoms with van der Waals surface area (Å²) in [4.78, 5) is 21.1. The smallest absolute Gasteiger partial charge is 0.254 e. The highest BCUT2D eigenvalue weighted by atomic mass is 16.6. The molecule has 0 bridgehead atoms. The van der Waals surface area contributed by atoms with Crippen molar-refractivity contribution in [2.24, 2.45) is 9.98 Å². The molecule has 0 aromatic rings. The van der Waals surface area contributed by atoms with Crippen molar-refractivity contribution in [3.8, 4) is 0 Å². The van der Waals surface area contributed by atoms with Crippen molar-refractivity contribution in [1.29, 1.82) is 0 Å². The minimum Gasteiger partial charge on any atom is -0.394 e. The Morgan fingerprint density at radius 2 is 2.16 bits per heavy atom. The van der Waals surface area contributed by atoms with Crippen LogP contribution in [0.15, 0.2) is 9.98 Å². The Balaban J connectivity index is 1.81. The van der Waals surface area contributed by atoms with E-state index in [0.717, 1.165) is 0 Å². The molecule has 104 valence electrons. The third kappa shape index (κ3) is 1.82. The summed E-state index contributed by atoms with van der Waals surface area (Å²) in [5.74, 6) is -0.287. The lowest BCUT2D eigenvalue weighted by molar-refractivity contribution is -0.124. The van der Waals surface area contributed by atoms with Crippen LogP contribution in [0.4, 0.5) is 0 Å². The number of nitrogens with one attached hydrogen (secondary N) is 1. The van der Waals surface area contributed by atoms with E-state index in [1.165, 1.54) is 17.6 Å². The number of fused-ring (bicyclic) bond motifs is 1. The maximum Gasteiger partial charge on any atom is 0.254 e. The van der Waals surface area contributed by atoms with E-state index in [4.69, 9.17) is 9.84 Å². The summed E-state index contributed by atoms with van der Waals surface area (Å²) in [5.41, 5.74) is 0. The van der Waals surface area contributed by atoms with Crippen LogP contribution in [0.1, 0.15) is 0 Å². The second-order valence-corrected chi connectivity index (χ2v) is 4.59. The number of nitrogens with zero attached hydrogens (tertiary/aromatic N) is 3. The zero-order chi connectivity index (χ0) is 13.6. The summed E-state index contributed by atoms with van der Waals surface area (Å²) < 4.78 is 5.38. The Labute approximate surface area is 108 Å². The predicted molar refractivity (Wildman–Crippen MR) is 62.3 cm³/mol. The molecule has 19 heavy (non-hydrogen) atoms. The van der Waals surface area contributed by atoms with Gasteiger partial charge in [-0.25, -0.2) is 4.99 Å². The second kappa shape index (κ2) is 4.53. The van der Waals surface area contributed by atoms with E-state index in [0.29, 0.717) is 0 Å². The van der Waals surface area contributed by atoms with Crippen LogP contribution >= 0.6 is 0 Å². The fourth-order valence-corrected chi connectivity index (χ4v) is 2.42. The number of carbonyl (C=O) groups is 1. The molecule has 3 aliphatic heterocycles. The first-order valence-corrected chi connectivity index (χ1v) is 5.88. The molecule has 0 aromatic heterocycles. The largest absolute Gasteiger partial charge is 0.394 e. The average molecular weight is 270 g/mol. The van der Waals surface area contributed by atoms with Gasteiger partial charge in [-0.3, -0.25) is 9.79 Å². The van der Waals surface area contributed by atoms with Gasteiger partial charge < -0.3 is 30.3 Å². The fourth-order valence-electron chi connectivity index (χ4n) is 2.42. The number of hydrogen-bond donors (Lipinski definition) is 4. The number of carbonyl (C=O) groups excluding carboxylic acids is 1. The first-order chi connectivity index (χ1) is 9.13. The molecule has 3 rings (SSSR count). The predicted octanol–water partition coefficient (Wildman–Crippen LogP) is -3.38. The molecule has 0 unspecified atom stereocenters. The molecule has 0 spiro atoms. The number of rotatable bonds is 2. The molecule has 9 nitrogen and oxygen atoms in total. The number of aliphatic hydroxyl groups excluding tert-OH is 3. The lowest BCUT2D eigenvalue weighted by Crippen LogP contribution is -2.53. The highest BCUT2D eigenvalue weighted by Crippen LogP contribution is 2.29. The molecule has 0 radical (unpaired) electrons. The van der Waals surface area contributed by atoms with Gasteiger partial charge in [-0.15, -0.1) is 0 Å². The van der Waals surface area contributed by atoms with E-state index in [1.54, 1.807) is 0 Å². The normalized spacial score (nSPS) is 44.6. The molecule has 0 aromatic carbocycles. The monoisotopic (exact) mass is 270 g/mol. The lowest BCUT2D eigenvalue weighted by atomic mass is 10.1. The van der Waals surface area contributed by atoms with Gasteiger partial charge in [0.05, 0.1) is 19.3 Å². The molecule has 4 N–H and O–H groups in total. The second-order valence-electron chi connectivity index (χ2n) is 4.59.